The Hall–Kier alpha value is -0.970. The van der Waals surface area contributed by atoms with Gasteiger partial charge in [0.2, 0.25) is 0 Å². The molecule has 5 heteroatoms. The van der Waals surface area contributed by atoms with Gasteiger partial charge >= 0.3 is 6.18 Å². The second-order valence-electron chi connectivity index (χ2n) is 2.46. The highest BCUT2D eigenvalue weighted by Crippen LogP contribution is 2.32. The fourth-order valence-corrected chi connectivity index (χ4v) is 0.998. The van der Waals surface area contributed by atoms with E-state index in [1.165, 1.54) is 18.3 Å². The predicted molar refractivity (Wildman–Crippen MR) is 38.6 cm³/mol. The lowest BCUT2D eigenvalue weighted by Gasteiger charge is -2.16. The van der Waals surface area contributed by atoms with E-state index in [0.29, 0.717) is 0 Å². The molecule has 0 aliphatic rings. The average molecular weight is 178 g/mol. The van der Waals surface area contributed by atoms with E-state index in [1.807, 2.05) is 0 Å². The maximum Gasteiger partial charge on any atom is 0.398 e. The highest BCUT2D eigenvalue weighted by atomic mass is 19.4. The van der Waals surface area contributed by atoms with Gasteiger partial charge in [0, 0.05) is 18.4 Å². The molecule has 1 atom stereocenters. The zero-order chi connectivity index (χ0) is 9.19. The van der Waals surface area contributed by atoms with E-state index in [0.717, 1.165) is 0 Å². The molecule has 1 rings (SSSR count). The number of nitrogens with two attached hydrogens (primary N) is 1. The monoisotopic (exact) mass is 178 g/mol. The van der Waals surface area contributed by atoms with E-state index in [4.69, 9.17) is 5.73 Å². The third kappa shape index (κ3) is 1.79. The summed E-state index contributed by atoms with van der Waals surface area (Å²) in [6.07, 6.45) is -2.82. The minimum atomic E-state index is -4.26. The number of aromatic amines is 1. The van der Waals surface area contributed by atoms with Crippen LogP contribution in [0, 0.1) is 0 Å². The zero-order valence-electron chi connectivity index (χ0n) is 6.23. The van der Waals surface area contributed by atoms with Crippen LogP contribution in [0.15, 0.2) is 18.3 Å². The molecule has 0 spiro atoms. The summed E-state index contributed by atoms with van der Waals surface area (Å²) in [6, 6.07) is 2.90. The molecular weight excluding hydrogens is 169 g/mol. The van der Waals surface area contributed by atoms with Crippen LogP contribution in [0.2, 0.25) is 0 Å². The Balaban J connectivity index is 2.84. The molecule has 0 amide bonds. The first kappa shape index (κ1) is 9.12. The molecule has 0 bridgehead atoms. The number of alkyl halides is 3. The standard InChI is InChI=1S/C7H9F3N2/c8-7(9,10)5(4-11)6-2-1-3-12-6/h1-3,5,12H,4,11H2/t5-/m0/s1. The topological polar surface area (TPSA) is 41.8 Å². The van der Waals surface area contributed by atoms with Crippen molar-refractivity contribution in [1.82, 2.24) is 4.98 Å². The van der Waals surface area contributed by atoms with Crippen molar-refractivity contribution < 1.29 is 13.2 Å². The lowest BCUT2D eigenvalue weighted by molar-refractivity contribution is -0.148. The SMILES string of the molecule is NC[C@@H](c1ccc[nH]1)C(F)(F)F. The third-order valence-corrected chi connectivity index (χ3v) is 1.63. The minimum Gasteiger partial charge on any atom is -0.364 e. The number of H-pyrrole nitrogens is 1. The van der Waals surface area contributed by atoms with Crippen LogP contribution in [0.3, 0.4) is 0 Å². The highest BCUT2D eigenvalue weighted by Gasteiger charge is 2.40. The maximum atomic E-state index is 12.2. The molecule has 1 aromatic rings. The predicted octanol–water partition coefficient (Wildman–Crippen LogP) is 1.62. The lowest BCUT2D eigenvalue weighted by Crippen LogP contribution is -2.28. The highest BCUT2D eigenvalue weighted by molar-refractivity contribution is 5.12. The first-order chi connectivity index (χ1) is 5.55. The van der Waals surface area contributed by atoms with Gasteiger partial charge in [-0.3, -0.25) is 0 Å². The summed E-state index contributed by atoms with van der Waals surface area (Å²) in [4.78, 5) is 2.49. The molecule has 0 aliphatic carbocycles. The van der Waals surface area contributed by atoms with Gasteiger partial charge in [0.05, 0.1) is 0 Å². The first-order valence-corrected chi connectivity index (χ1v) is 3.45. The van der Waals surface area contributed by atoms with Crippen molar-refractivity contribution in [3.8, 4) is 0 Å². The number of rotatable bonds is 2. The number of nitrogens with one attached hydrogen (secondary N) is 1. The van der Waals surface area contributed by atoms with Gasteiger partial charge in [-0.05, 0) is 12.1 Å². The fourth-order valence-electron chi connectivity index (χ4n) is 0.998. The van der Waals surface area contributed by atoms with Gasteiger partial charge in [-0.25, -0.2) is 0 Å². The Morgan fingerprint density at radius 2 is 2.17 bits per heavy atom. The van der Waals surface area contributed by atoms with Crippen LogP contribution in [0.5, 0.6) is 0 Å². The molecule has 2 nitrogen and oxygen atoms in total. The van der Waals surface area contributed by atoms with Gasteiger partial charge in [-0.2, -0.15) is 13.2 Å². The van der Waals surface area contributed by atoms with Crippen LogP contribution in [0.1, 0.15) is 11.6 Å². The van der Waals surface area contributed by atoms with Crippen molar-refractivity contribution >= 4 is 0 Å². The smallest absolute Gasteiger partial charge is 0.364 e. The Morgan fingerprint density at radius 1 is 1.50 bits per heavy atom. The van der Waals surface area contributed by atoms with E-state index in [1.54, 1.807) is 0 Å². The molecular formula is C7H9F3N2. The number of aromatic nitrogens is 1. The molecule has 1 heterocycles. The first-order valence-electron chi connectivity index (χ1n) is 3.45. The normalized spacial score (nSPS) is 14.7. The van der Waals surface area contributed by atoms with Crippen LogP contribution in [-0.4, -0.2) is 17.7 Å². The van der Waals surface area contributed by atoms with Crippen molar-refractivity contribution in [3.05, 3.63) is 24.0 Å². The van der Waals surface area contributed by atoms with Crippen LogP contribution >= 0.6 is 0 Å². The molecule has 0 saturated carbocycles. The molecule has 12 heavy (non-hydrogen) atoms. The van der Waals surface area contributed by atoms with E-state index in [2.05, 4.69) is 4.98 Å². The van der Waals surface area contributed by atoms with Gasteiger partial charge < -0.3 is 10.7 Å². The molecule has 68 valence electrons. The summed E-state index contributed by atoms with van der Waals surface area (Å²) in [5, 5.41) is 0. The second kappa shape index (κ2) is 3.18. The van der Waals surface area contributed by atoms with Gasteiger partial charge in [-0.15, -0.1) is 0 Å². The summed E-state index contributed by atoms with van der Waals surface area (Å²) in [7, 11) is 0. The number of hydrogen-bond donors (Lipinski definition) is 2. The van der Waals surface area contributed by atoms with Crippen molar-refractivity contribution in [2.45, 2.75) is 12.1 Å². The molecule has 0 unspecified atom stereocenters. The van der Waals surface area contributed by atoms with Crippen LogP contribution in [-0.2, 0) is 0 Å². The Morgan fingerprint density at radius 3 is 2.50 bits per heavy atom. The lowest BCUT2D eigenvalue weighted by atomic mass is 10.1. The van der Waals surface area contributed by atoms with Crippen molar-refractivity contribution in [1.29, 1.82) is 0 Å². The van der Waals surface area contributed by atoms with E-state index in [9.17, 15) is 13.2 Å². The van der Waals surface area contributed by atoms with Gasteiger partial charge in [-0.1, -0.05) is 0 Å². The molecule has 0 aromatic carbocycles. The third-order valence-electron chi connectivity index (χ3n) is 1.63. The largest absolute Gasteiger partial charge is 0.398 e. The van der Waals surface area contributed by atoms with E-state index < -0.39 is 18.6 Å². The number of hydrogen-bond acceptors (Lipinski definition) is 1. The summed E-state index contributed by atoms with van der Waals surface area (Å²) in [5.74, 6) is -1.58. The Bertz CT molecular complexity index is 227. The number of halogens is 3. The van der Waals surface area contributed by atoms with Crippen LogP contribution in [0.25, 0.3) is 0 Å². The van der Waals surface area contributed by atoms with Gasteiger partial charge in [0.1, 0.15) is 5.92 Å². The van der Waals surface area contributed by atoms with Crippen molar-refractivity contribution in [2.75, 3.05) is 6.54 Å². The zero-order valence-corrected chi connectivity index (χ0v) is 6.23. The van der Waals surface area contributed by atoms with Gasteiger partial charge in [0.25, 0.3) is 0 Å². The summed E-state index contributed by atoms with van der Waals surface area (Å²) < 4.78 is 36.6. The fraction of sp³-hybridized carbons (Fsp3) is 0.429. The maximum absolute atomic E-state index is 12.2. The molecule has 0 aliphatic heterocycles. The molecule has 3 N–H and O–H groups in total. The molecule has 0 fully saturated rings. The molecule has 1 aromatic heterocycles. The minimum absolute atomic E-state index is 0.116. The van der Waals surface area contributed by atoms with Crippen LogP contribution in [0.4, 0.5) is 13.2 Å². The Kier molecular flexibility index (Phi) is 2.42. The van der Waals surface area contributed by atoms with Crippen molar-refractivity contribution in [2.24, 2.45) is 5.73 Å². The Labute approximate surface area is 67.6 Å². The summed E-state index contributed by atoms with van der Waals surface area (Å²) in [6.45, 7) is -0.427. The van der Waals surface area contributed by atoms with Gasteiger partial charge in [0.15, 0.2) is 0 Å². The van der Waals surface area contributed by atoms with Crippen molar-refractivity contribution in [3.63, 3.8) is 0 Å². The van der Waals surface area contributed by atoms with E-state index >= 15 is 0 Å². The second-order valence-corrected chi connectivity index (χ2v) is 2.46. The summed E-state index contributed by atoms with van der Waals surface area (Å²) in [5.41, 5.74) is 5.13. The van der Waals surface area contributed by atoms with E-state index in [-0.39, 0.29) is 5.69 Å². The van der Waals surface area contributed by atoms with Crippen LogP contribution < -0.4 is 5.73 Å². The quantitative estimate of drug-likeness (QED) is 0.709. The average Bonchev–Trinajstić information content (AvgIpc) is 2.38. The molecule has 0 radical (unpaired) electrons. The molecule has 0 saturated heterocycles. The summed E-state index contributed by atoms with van der Waals surface area (Å²) >= 11 is 0.